The predicted octanol–water partition coefficient (Wildman–Crippen LogP) is 2.52. The summed E-state index contributed by atoms with van der Waals surface area (Å²) < 4.78 is 20.6. The Morgan fingerprint density at radius 3 is 2.79 bits per heavy atom. The highest BCUT2D eigenvalue weighted by Gasteiger charge is 2.20. The van der Waals surface area contributed by atoms with Gasteiger partial charge in [0.15, 0.2) is 0 Å². The number of hydrogen-bond donors (Lipinski definition) is 1. The van der Waals surface area contributed by atoms with Gasteiger partial charge in [0, 0.05) is 13.1 Å². The van der Waals surface area contributed by atoms with Gasteiger partial charge in [-0.2, -0.15) is 5.10 Å². The number of benzene rings is 1. The normalized spacial score (nSPS) is 10.5. The van der Waals surface area contributed by atoms with Gasteiger partial charge in [0.25, 0.3) is 5.91 Å². The van der Waals surface area contributed by atoms with E-state index in [1.165, 1.54) is 16.8 Å². The number of carbonyl (C=O) groups excluding carboxylic acids is 1. The second kappa shape index (κ2) is 5.00. The van der Waals surface area contributed by atoms with E-state index in [0.29, 0.717) is 10.2 Å². The van der Waals surface area contributed by atoms with Crippen LogP contribution >= 0.6 is 15.9 Å². The number of carbonyl (C=O) groups is 1. The molecule has 100 valence electrons. The average Bonchev–Trinajstić information content (AvgIpc) is 2.59. The van der Waals surface area contributed by atoms with Crippen LogP contribution in [0.15, 0.2) is 22.7 Å². The highest BCUT2D eigenvalue weighted by Crippen LogP contribution is 2.29. The van der Waals surface area contributed by atoms with E-state index in [-0.39, 0.29) is 17.2 Å². The first-order valence-corrected chi connectivity index (χ1v) is 6.15. The summed E-state index contributed by atoms with van der Waals surface area (Å²) in [4.78, 5) is 11.4. The van der Waals surface area contributed by atoms with Gasteiger partial charge in [-0.15, -0.1) is 0 Å². The zero-order valence-electron chi connectivity index (χ0n) is 10.3. The third-order valence-electron chi connectivity index (χ3n) is 2.52. The number of aromatic nitrogens is 2. The molecule has 19 heavy (non-hydrogen) atoms. The third kappa shape index (κ3) is 2.60. The van der Waals surface area contributed by atoms with Crippen molar-refractivity contribution in [2.75, 3.05) is 0 Å². The maximum atomic E-state index is 13.4. The van der Waals surface area contributed by atoms with E-state index in [1.807, 2.05) is 0 Å². The van der Waals surface area contributed by atoms with Crippen LogP contribution in [-0.2, 0) is 7.05 Å². The minimum atomic E-state index is -0.641. The Morgan fingerprint density at radius 1 is 1.53 bits per heavy atom. The molecule has 7 heteroatoms. The molecule has 2 aromatic rings. The topological polar surface area (TPSA) is 70.1 Å². The van der Waals surface area contributed by atoms with Crippen molar-refractivity contribution >= 4 is 21.8 Å². The summed E-state index contributed by atoms with van der Waals surface area (Å²) >= 11 is 3.05. The number of primary amides is 1. The second-order valence-corrected chi connectivity index (χ2v) is 4.79. The molecule has 0 aliphatic carbocycles. The number of aryl methyl sites for hydroxylation is 2. The minimum Gasteiger partial charge on any atom is -0.438 e. The number of halogens is 2. The molecule has 2 N–H and O–H groups in total. The zero-order chi connectivity index (χ0) is 14.2. The van der Waals surface area contributed by atoms with Crippen LogP contribution in [0.3, 0.4) is 0 Å². The Labute approximate surface area is 117 Å². The van der Waals surface area contributed by atoms with Crippen molar-refractivity contribution in [3.8, 4) is 11.6 Å². The van der Waals surface area contributed by atoms with Crippen molar-refractivity contribution < 1.29 is 13.9 Å². The van der Waals surface area contributed by atoms with Gasteiger partial charge in [-0.25, -0.2) is 9.07 Å². The molecular formula is C12H11BrFN3O2. The van der Waals surface area contributed by atoms with Gasteiger partial charge in [-0.3, -0.25) is 4.79 Å². The second-order valence-electron chi connectivity index (χ2n) is 3.93. The highest BCUT2D eigenvalue weighted by atomic mass is 79.9. The van der Waals surface area contributed by atoms with Gasteiger partial charge in [-0.05, 0) is 35.0 Å². The summed E-state index contributed by atoms with van der Waals surface area (Å²) in [6.45, 7) is 1.65. The molecule has 0 radical (unpaired) electrons. The lowest BCUT2D eigenvalue weighted by atomic mass is 10.2. The molecule has 0 unspecified atom stereocenters. The van der Waals surface area contributed by atoms with Crippen molar-refractivity contribution in [3.05, 3.63) is 39.7 Å². The highest BCUT2D eigenvalue weighted by molar-refractivity contribution is 9.10. The van der Waals surface area contributed by atoms with Gasteiger partial charge < -0.3 is 10.5 Å². The van der Waals surface area contributed by atoms with Crippen LogP contribution in [0.4, 0.5) is 4.39 Å². The predicted molar refractivity (Wildman–Crippen MR) is 70.6 cm³/mol. The van der Waals surface area contributed by atoms with Gasteiger partial charge >= 0.3 is 0 Å². The summed E-state index contributed by atoms with van der Waals surface area (Å²) in [6, 6.07) is 4.29. The Hall–Kier alpha value is -1.89. The van der Waals surface area contributed by atoms with Crippen molar-refractivity contribution in [1.29, 1.82) is 0 Å². The van der Waals surface area contributed by atoms with Crippen LogP contribution in [0.25, 0.3) is 0 Å². The lowest BCUT2D eigenvalue weighted by Gasteiger charge is -2.07. The molecule has 1 amide bonds. The molecule has 1 aromatic heterocycles. The Morgan fingerprint density at radius 2 is 2.21 bits per heavy atom. The van der Waals surface area contributed by atoms with Crippen LogP contribution < -0.4 is 10.5 Å². The van der Waals surface area contributed by atoms with Gasteiger partial charge in [0.1, 0.15) is 17.1 Å². The maximum absolute atomic E-state index is 13.4. The zero-order valence-corrected chi connectivity index (χ0v) is 11.9. The quantitative estimate of drug-likeness (QED) is 0.941. The van der Waals surface area contributed by atoms with Crippen molar-refractivity contribution in [2.24, 2.45) is 12.8 Å². The Kier molecular flexibility index (Phi) is 3.57. The molecular weight excluding hydrogens is 317 g/mol. The summed E-state index contributed by atoms with van der Waals surface area (Å²) in [5, 5.41) is 4.06. The van der Waals surface area contributed by atoms with Crippen LogP contribution in [0.2, 0.25) is 0 Å². The van der Waals surface area contributed by atoms with Gasteiger partial charge in [-0.1, -0.05) is 0 Å². The van der Waals surface area contributed by atoms with Gasteiger partial charge in [0.2, 0.25) is 5.88 Å². The van der Waals surface area contributed by atoms with Crippen LogP contribution in [-0.4, -0.2) is 15.7 Å². The van der Waals surface area contributed by atoms with Gasteiger partial charge in [0.05, 0.1) is 10.2 Å². The first kappa shape index (κ1) is 13.5. The fraction of sp³-hybridized carbons (Fsp3) is 0.167. The Balaban J connectivity index is 2.43. The molecule has 0 saturated heterocycles. The molecule has 0 atom stereocenters. The van der Waals surface area contributed by atoms with E-state index in [9.17, 15) is 9.18 Å². The summed E-state index contributed by atoms with van der Waals surface area (Å²) in [7, 11) is 1.62. The van der Waals surface area contributed by atoms with E-state index < -0.39 is 11.7 Å². The molecule has 2 rings (SSSR count). The number of nitrogens with two attached hydrogens (primary N) is 1. The smallest absolute Gasteiger partial charge is 0.256 e. The van der Waals surface area contributed by atoms with Crippen LogP contribution in [0, 0.1) is 12.7 Å². The summed E-state index contributed by atoms with van der Waals surface area (Å²) in [5.41, 5.74) is 5.93. The lowest BCUT2D eigenvalue weighted by Crippen LogP contribution is -2.13. The molecule has 0 fully saturated rings. The largest absolute Gasteiger partial charge is 0.438 e. The van der Waals surface area contributed by atoms with Crippen molar-refractivity contribution in [3.63, 3.8) is 0 Å². The molecule has 0 saturated carbocycles. The fourth-order valence-electron chi connectivity index (χ4n) is 1.69. The summed E-state index contributed by atoms with van der Waals surface area (Å²) in [5.74, 6) is -0.659. The van der Waals surface area contributed by atoms with Crippen LogP contribution in [0.1, 0.15) is 16.1 Å². The first-order valence-electron chi connectivity index (χ1n) is 5.36. The molecule has 0 bridgehead atoms. The maximum Gasteiger partial charge on any atom is 0.256 e. The van der Waals surface area contributed by atoms with E-state index in [1.54, 1.807) is 20.0 Å². The summed E-state index contributed by atoms with van der Waals surface area (Å²) in [6.07, 6.45) is 0. The number of ether oxygens (including phenoxy) is 1. The molecule has 0 aliphatic heterocycles. The number of nitrogens with zero attached hydrogens (tertiary/aromatic N) is 2. The van der Waals surface area contributed by atoms with Crippen molar-refractivity contribution in [1.82, 2.24) is 9.78 Å². The molecule has 1 heterocycles. The van der Waals surface area contributed by atoms with E-state index in [4.69, 9.17) is 10.5 Å². The van der Waals surface area contributed by atoms with Crippen LogP contribution in [0.5, 0.6) is 11.6 Å². The van der Waals surface area contributed by atoms with E-state index in [0.717, 1.165) is 0 Å². The Bertz CT molecular complexity index is 655. The SMILES string of the molecule is Cc1nn(C)c(Oc2ccc(Br)c(F)c2)c1C(N)=O. The standard InChI is InChI=1S/C12H11BrFN3O2/c1-6-10(11(15)18)12(17(2)16-6)19-7-3-4-8(13)9(14)5-7/h3-5H,1-2H3,(H2,15,18). The number of rotatable bonds is 3. The molecule has 0 spiro atoms. The number of hydrogen-bond acceptors (Lipinski definition) is 3. The minimum absolute atomic E-state index is 0.186. The molecule has 5 nitrogen and oxygen atoms in total. The average molecular weight is 328 g/mol. The molecule has 0 aliphatic rings. The first-order chi connectivity index (χ1) is 8.90. The fourth-order valence-corrected chi connectivity index (χ4v) is 1.94. The molecule has 1 aromatic carbocycles. The lowest BCUT2D eigenvalue weighted by molar-refractivity contribution is 0.0997. The third-order valence-corrected chi connectivity index (χ3v) is 3.16. The van der Waals surface area contributed by atoms with E-state index in [2.05, 4.69) is 21.0 Å². The number of amides is 1. The van der Waals surface area contributed by atoms with E-state index >= 15 is 0 Å². The monoisotopic (exact) mass is 327 g/mol. The van der Waals surface area contributed by atoms with Crippen molar-refractivity contribution in [2.45, 2.75) is 6.92 Å².